The number of Topliss-reactive ketones (excluding diaryl/α,β-unsaturated/α-hetero) is 2. The Morgan fingerprint density at radius 1 is 0.697 bits per heavy atom. The Morgan fingerprint density at radius 3 is 1.76 bits per heavy atom. The van der Waals surface area contributed by atoms with Crippen LogP contribution in [0.4, 0.5) is 5.69 Å². The minimum Gasteiger partial charge on any atom is -0.398 e. The van der Waals surface area contributed by atoms with Crippen LogP contribution in [0, 0.1) is 13.8 Å². The van der Waals surface area contributed by atoms with E-state index in [2.05, 4.69) is 13.8 Å². The Balaban J connectivity index is 1.82. The largest absolute Gasteiger partial charge is 0.398 e. The van der Waals surface area contributed by atoms with E-state index in [9.17, 15) is 9.59 Å². The molecule has 2 aromatic carbocycles. The Hall–Kier alpha value is -2.42. The number of hydrogen-bond acceptors (Lipinski definition) is 3. The van der Waals surface area contributed by atoms with Crippen molar-refractivity contribution in [2.45, 2.75) is 104 Å². The molecule has 0 saturated heterocycles. The van der Waals surface area contributed by atoms with E-state index in [0.29, 0.717) is 16.8 Å². The molecular formula is C30H43NO2. The molecule has 0 aliphatic rings. The molecule has 0 spiro atoms. The highest BCUT2D eigenvalue weighted by Gasteiger charge is 2.23. The lowest BCUT2D eigenvalue weighted by atomic mass is 9.90. The molecule has 180 valence electrons. The third-order valence-electron chi connectivity index (χ3n) is 6.84. The number of hydrogen-bond donors (Lipinski definition) is 1. The van der Waals surface area contributed by atoms with Crippen LogP contribution in [0.1, 0.15) is 121 Å². The van der Waals surface area contributed by atoms with Crippen LogP contribution in [0.3, 0.4) is 0 Å². The van der Waals surface area contributed by atoms with Crippen LogP contribution in [-0.4, -0.2) is 11.6 Å². The van der Waals surface area contributed by atoms with Gasteiger partial charge in [-0.2, -0.15) is 0 Å². The van der Waals surface area contributed by atoms with Crippen LogP contribution in [-0.2, 0) is 6.42 Å². The van der Waals surface area contributed by atoms with Gasteiger partial charge in [0.25, 0.3) is 0 Å². The van der Waals surface area contributed by atoms with Crippen molar-refractivity contribution in [3.63, 3.8) is 0 Å². The lowest BCUT2D eigenvalue weighted by molar-refractivity contribution is 0.0817. The van der Waals surface area contributed by atoms with E-state index in [0.717, 1.165) is 29.5 Å². The van der Waals surface area contributed by atoms with Crippen molar-refractivity contribution in [1.29, 1.82) is 0 Å². The van der Waals surface area contributed by atoms with E-state index in [4.69, 9.17) is 5.73 Å². The van der Waals surface area contributed by atoms with Gasteiger partial charge in [-0.1, -0.05) is 108 Å². The fourth-order valence-corrected chi connectivity index (χ4v) is 4.45. The predicted molar refractivity (Wildman–Crippen MR) is 140 cm³/mol. The smallest absolute Gasteiger partial charge is 0.235 e. The number of benzene rings is 2. The quantitative estimate of drug-likeness (QED) is 0.122. The number of carbonyl (C=O) groups is 2. The molecule has 0 bridgehead atoms. The van der Waals surface area contributed by atoms with Gasteiger partial charge in [0.2, 0.25) is 11.6 Å². The molecule has 33 heavy (non-hydrogen) atoms. The first kappa shape index (κ1) is 26.8. The number of aryl methyl sites for hydroxylation is 1. The number of rotatable bonds is 16. The normalized spacial score (nSPS) is 11.0. The second kappa shape index (κ2) is 14.7. The van der Waals surface area contributed by atoms with Crippen LogP contribution >= 0.6 is 0 Å². The maximum atomic E-state index is 12.9. The van der Waals surface area contributed by atoms with Crippen molar-refractivity contribution < 1.29 is 9.59 Å². The van der Waals surface area contributed by atoms with Gasteiger partial charge in [0.15, 0.2) is 0 Å². The van der Waals surface area contributed by atoms with Gasteiger partial charge in [0, 0.05) is 16.8 Å². The fraction of sp³-hybridized carbons (Fsp3) is 0.533. The first-order chi connectivity index (χ1) is 16.0. The van der Waals surface area contributed by atoms with E-state index in [1.54, 1.807) is 24.3 Å². The summed E-state index contributed by atoms with van der Waals surface area (Å²) in [6.07, 6.45) is 16.8. The van der Waals surface area contributed by atoms with Gasteiger partial charge in [0.05, 0.1) is 0 Å². The first-order valence-electron chi connectivity index (χ1n) is 13.0. The molecule has 0 radical (unpaired) electrons. The number of anilines is 1. The molecule has 0 aliphatic heterocycles. The molecule has 0 aliphatic carbocycles. The predicted octanol–water partition coefficient (Wildman–Crippen LogP) is 8.19. The van der Waals surface area contributed by atoms with Gasteiger partial charge in [-0.3, -0.25) is 9.59 Å². The summed E-state index contributed by atoms with van der Waals surface area (Å²) in [6.45, 7) is 6.27. The van der Waals surface area contributed by atoms with Gasteiger partial charge in [0.1, 0.15) is 0 Å². The molecule has 0 unspecified atom stereocenters. The summed E-state index contributed by atoms with van der Waals surface area (Å²) < 4.78 is 0. The van der Waals surface area contributed by atoms with E-state index >= 15 is 0 Å². The molecule has 3 heteroatoms. The summed E-state index contributed by atoms with van der Waals surface area (Å²) in [5.41, 5.74) is 10.6. The Labute approximate surface area is 201 Å². The third kappa shape index (κ3) is 8.46. The molecule has 0 heterocycles. The number of ketones is 2. The number of nitrogens with two attached hydrogens (primary N) is 1. The van der Waals surface area contributed by atoms with Crippen LogP contribution in [0.2, 0.25) is 0 Å². The van der Waals surface area contributed by atoms with Crippen molar-refractivity contribution in [3.8, 4) is 0 Å². The molecule has 0 fully saturated rings. The molecule has 0 atom stereocenters. The fourth-order valence-electron chi connectivity index (χ4n) is 4.45. The average molecular weight is 450 g/mol. The van der Waals surface area contributed by atoms with Crippen LogP contribution in [0.15, 0.2) is 36.4 Å². The molecule has 2 aromatic rings. The second-order valence-corrected chi connectivity index (χ2v) is 9.41. The molecule has 2 rings (SSSR count). The minimum atomic E-state index is -0.516. The molecule has 0 amide bonds. The third-order valence-corrected chi connectivity index (χ3v) is 6.84. The van der Waals surface area contributed by atoms with E-state index in [1.807, 2.05) is 19.1 Å². The van der Waals surface area contributed by atoms with Crippen molar-refractivity contribution in [1.82, 2.24) is 0 Å². The lowest BCUT2D eigenvalue weighted by Gasteiger charge is -2.15. The SMILES string of the molecule is CCCCCCCCCCCCCCc1cc(C(=O)C(=O)c2ccccc2)c(N)c(C)c1C. The highest BCUT2D eigenvalue weighted by molar-refractivity contribution is 6.50. The first-order valence-corrected chi connectivity index (χ1v) is 13.0. The van der Waals surface area contributed by atoms with Gasteiger partial charge in [-0.05, 0) is 49.4 Å². The van der Waals surface area contributed by atoms with Crippen LogP contribution in [0.25, 0.3) is 0 Å². The topological polar surface area (TPSA) is 60.2 Å². The van der Waals surface area contributed by atoms with Crippen molar-refractivity contribution in [2.75, 3.05) is 5.73 Å². The standard InChI is InChI=1S/C30H43NO2/c1-4-5-6-7-8-9-10-11-12-13-14-16-21-26-22-27(28(31)24(3)23(26)2)30(33)29(32)25-19-17-15-18-20-25/h15,17-20,22H,4-14,16,21,31H2,1-3H3. The highest BCUT2D eigenvalue weighted by atomic mass is 16.2. The molecular weight excluding hydrogens is 406 g/mol. The summed E-state index contributed by atoms with van der Waals surface area (Å²) in [5, 5.41) is 0. The summed E-state index contributed by atoms with van der Waals surface area (Å²) in [5.74, 6) is -1.01. The van der Waals surface area contributed by atoms with Gasteiger partial charge < -0.3 is 5.73 Å². The van der Waals surface area contributed by atoms with E-state index in [1.165, 1.54) is 70.6 Å². The maximum Gasteiger partial charge on any atom is 0.235 e. The van der Waals surface area contributed by atoms with Gasteiger partial charge in [-0.15, -0.1) is 0 Å². The molecule has 0 saturated carbocycles. The van der Waals surface area contributed by atoms with Crippen molar-refractivity contribution in [2.24, 2.45) is 0 Å². The second-order valence-electron chi connectivity index (χ2n) is 9.41. The average Bonchev–Trinajstić information content (AvgIpc) is 2.84. The number of nitrogen functional groups attached to an aromatic ring is 1. The van der Waals surface area contributed by atoms with Crippen molar-refractivity contribution in [3.05, 3.63) is 64.2 Å². The van der Waals surface area contributed by atoms with Crippen molar-refractivity contribution >= 4 is 17.3 Å². The van der Waals surface area contributed by atoms with Crippen LogP contribution < -0.4 is 5.73 Å². The van der Waals surface area contributed by atoms with Gasteiger partial charge in [-0.25, -0.2) is 0 Å². The van der Waals surface area contributed by atoms with Crippen LogP contribution in [0.5, 0.6) is 0 Å². The minimum absolute atomic E-state index is 0.348. The molecule has 3 nitrogen and oxygen atoms in total. The van der Waals surface area contributed by atoms with E-state index in [-0.39, 0.29) is 0 Å². The Kier molecular flexibility index (Phi) is 11.9. The highest BCUT2D eigenvalue weighted by Crippen LogP contribution is 2.27. The van der Waals surface area contributed by atoms with Gasteiger partial charge >= 0.3 is 0 Å². The maximum absolute atomic E-state index is 12.9. The molecule has 0 aromatic heterocycles. The monoisotopic (exact) mass is 449 g/mol. The Bertz CT molecular complexity index is 886. The zero-order chi connectivity index (χ0) is 24.1. The number of carbonyl (C=O) groups excluding carboxylic acids is 2. The lowest BCUT2D eigenvalue weighted by Crippen LogP contribution is -2.18. The Morgan fingerprint density at radius 2 is 1.21 bits per heavy atom. The number of unbranched alkanes of at least 4 members (excludes halogenated alkanes) is 11. The summed E-state index contributed by atoms with van der Waals surface area (Å²) in [7, 11) is 0. The summed E-state index contributed by atoms with van der Waals surface area (Å²) in [6, 6.07) is 10.6. The zero-order valence-corrected chi connectivity index (χ0v) is 21.1. The summed E-state index contributed by atoms with van der Waals surface area (Å²) >= 11 is 0. The summed E-state index contributed by atoms with van der Waals surface area (Å²) in [4.78, 5) is 25.6. The van der Waals surface area contributed by atoms with E-state index < -0.39 is 11.6 Å². The zero-order valence-electron chi connectivity index (χ0n) is 21.1. The molecule has 2 N–H and O–H groups in total.